The topological polar surface area (TPSA) is 65.7 Å². The molecule has 1 atom stereocenters. The van der Waals surface area contributed by atoms with Gasteiger partial charge in [0.15, 0.2) is 5.65 Å². The molecule has 0 radical (unpaired) electrons. The van der Waals surface area contributed by atoms with E-state index >= 15 is 0 Å². The summed E-state index contributed by atoms with van der Waals surface area (Å²) < 4.78 is 12.7. The van der Waals surface area contributed by atoms with E-state index in [0.29, 0.717) is 24.4 Å². The predicted molar refractivity (Wildman–Crippen MR) is 84.4 cm³/mol. The average molecular weight is 311 g/mol. The number of esters is 1. The van der Waals surface area contributed by atoms with Crippen LogP contribution in [0.25, 0.3) is 5.65 Å². The van der Waals surface area contributed by atoms with Gasteiger partial charge in [0.1, 0.15) is 12.1 Å². The number of hydrogen-bond donors (Lipinski definition) is 0. The van der Waals surface area contributed by atoms with E-state index in [1.807, 2.05) is 37.3 Å². The second-order valence-corrected chi connectivity index (χ2v) is 5.34. The molecule has 118 valence electrons. The third-order valence-electron chi connectivity index (χ3n) is 3.30. The van der Waals surface area contributed by atoms with Crippen molar-refractivity contribution in [2.45, 2.75) is 6.92 Å². The maximum Gasteiger partial charge on any atom is 0.339 e. The van der Waals surface area contributed by atoms with Gasteiger partial charge in [0, 0.05) is 12.1 Å². The van der Waals surface area contributed by atoms with Crippen molar-refractivity contribution in [1.82, 2.24) is 14.6 Å². The fourth-order valence-corrected chi connectivity index (χ4v) is 2.05. The van der Waals surface area contributed by atoms with Crippen molar-refractivity contribution in [1.29, 1.82) is 0 Å². The molecule has 3 rings (SSSR count). The molecule has 0 saturated carbocycles. The summed E-state index contributed by atoms with van der Waals surface area (Å²) in [5, 5.41) is 7.66. The highest BCUT2D eigenvalue weighted by Crippen LogP contribution is 2.11. The van der Waals surface area contributed by atoms with Crippen molar-refractivity contribution in [3.8, 4) is 5.75 Å². The summed E-state index contributed by atoms with van der Waals surface area (Å²) in [4.78, 5) is 12.1. The monoisotopic (exact) mass is 311 g/mol. The van der Waals surface area contributed by atoms with Gasteiger partial charge < -0.3 is 9.47 Å². The van der Waals surface area contributed by atoms with Gasteiger partial charge in [-0.25, -0.2) is 4.79 Å². The van der Waals surface area contributed by atoms with Crippen LogP contribution in [0, 0.1) is 5.92 Å². The van der Waals surface area contributed by atoms with Crippen molar-refractivity contribution in [2.75, 3.05) is 13.2 Å². The number of pyridine rings is 1. The molecule has 0 N–H and O–H groups in total. The zero-order valence-electron chi connectivity index (χ0n) is 12.8. The first-order valence-corrected chi connectivity index (χ1v) is 7.37. The minimum absolute atomic E-state index is 0.0952. The summed E-state index contributed by atoms with van der Waals surface area (Å²) in [5.74, 6) is 0.536. The lowest BCUT2D eigenvalue weighted by Gasteiger charge is -2.13. The lowest BCUT2D eigenvalue weighted by molar-refractivity contribution is 0.0414. The van der Waals surface area contributed by atoms with Crippen LogP contribution in [-0.4, -0.2) is 33.8 Å². The zero-order chi connectivity index (χ0) is 16.1. The van der Waals surface area contributed by atoms with E-state index in [9.17, 15) is 4.79 Å². The SMILES string of the molecule is CC(COC(=O)c1ccc2nncn2c1)COc1ccccc1. The Bertz CT molecular complexity index is 786. The standard InChI is InChI=1S/C17H17N3O3/c1-13(10-22-15-5-3-2-4-6-15)11-23-17(21)14-7-8-16-19-18-12-20(16)9-14/h2-9,12-13H,10-11H2,1H3. The molecule has 0 spiro atoms. The van der Waals surface area contributed by atoms with Crippen LogP contribution in [0.4, 0.5) is 0 Å². The van der Waals surface area contributed by atoms with Crippen LogP contribution in [-0.2, 0) is 4.74 Å². The van der Waals surface area contributed by atoms with Crippen LogP contribution in [0.15, 0.2) is 55.0 Å². The molecule has 23 heavy (non-hydrogen) atoms. The first-order chi connectivity index (χ1) is 11.2. The summed E-state index contributed by atoms with van der Waals surface area (Å²) in [6.07, 6.45) is 3.20. The number of carbonyl (C=O) groups excluding carboxylic acids is 1. The van der Waals surface area contributed by atoms with Crippen molar-refractivity contribution in [3.63, 3.8) is 0 Å². The minimum Gasteiger partial charge on any atom is -0.493 e. The van der Waals surface area contributed by atoms with E-state index in [1.165, 1.54) is 0 Å². The van der Waals surface area contributed by atoms with E-state index < -0.39 is 0 Å². The van der Waals surface area contributed by atoms with Crippen molar-refractivity contribution in [2.24, 2.45) is 5.92 Å². The van der Waals surface area contributed by atoms with E-state index in [1.54, 1.807) is 29.1 Å². The van der Waals surface area contributed by atoms with Crippen LogP contribution in [0.1, 0.15) is 17.3 Å². The van der Waals surface area contributed by atoms with E-state index in [0.717, 1.165) is 5.75 Å². The number of fused-ring (bicyclic) bond motifs is 1. The Morgan fingerprint density at radius 3 is 2.83 bits per heavy atom. The first-order valence-electron chi connectivity index (χ1n) is 7.37. The first kappa shape index (κ1) is 15.0. The molecule has 0 amide bonds. The van der Waals surface area contributed by atoms with E-state index in [-0.39, 0.29) is 11.9 Å². The van der Waals surface area contributed by atoms with Gasteiger partial charge in [-0.3, -0.25) is 4.40 Å². The quantitative estimate of drug-likeness (QED) is 0.655. The number of rotatable bonds is 6. The molecule has 2 heterocycles. The van der Waals surface area contributed by atoms with Gasteiger partial charge in [0.25, 0.3) is 0 Å². The summed E-state index contributed by atoms with van der Waals surface area (Å²) >= 11 is 0. The Hall–Kier alpha value is -2.89. The minimum atomic E-state index is -0.368. The molecule has 0 aliphatic rings. The van der Waals surface area contributed by atoms with Gasteiger partial charge in [-0.15, -0.1) is 10.2 Å². The average Bonchev–Trinajstić information content (AvgIpc) is 3.06. The van der Waals surface area contributed by atoms with Crippen molar-refractivity contribution >= 4 is 11.6 Å². The molecule has 6 nitrogen and oxygen atoms in total. The predicted octanol–water partition coefficient (Wildman–Crippen LogP) is 2.60. The van der Waals surface area contributed by atoms with E-state index in [4.69, 9.17) is 9.47 Å². The molecular formula is C17H17N3O3. The summed E-state index contributed by atoms with van der Waals surface area (Å²) in [6, 6.07) is 13.0. The van der Waals surface area contributed by atoms with Crippen LogP contribution in [0.5, 0.6) is 5.75 Å². The fourth-order valence-electron chi connectivity index (χ4n) is 2.05. The van der Waals surface area contributed by atoms with Crippen molar-refractivity contribution in [3.05, 3.63) is 60.6 Å². The number of nitrogens with zero attached hydrogens (tertiary/aromatic N) is 3. The molecule has 6 heteroatoms. The van der Waals surface area contributed by atoms with Gasteiger partial charge in [0.2, 0.25) is 0 Å². The Kier molecular flexibility index (Phi) is 4.52. The maximum absolute atomic E-state index is 12.1. The summed E-state index contributed by atoms with van der Waals surface area (Å²) in [5.41, 5.74) is 1.15. The molecular weight excluding hydrogens is 294 g/mol. The van der Waals surface area contributed by atoms with Crippen LogP contribution in [0.3, 0.4) is 0 Å². The number of para-hydroxylation sites is 1. The van der Waals surface area contributed by atoms with Gasteiger partial charge in [-0.2, -0.15) is 0 Å². The Morgan fingerprint density at radius 2 is 2.00 bits per heavy atom. The van der Waals surface area contributed by atoms with Gasteiger partial charge in [-0.1, -0.05) is 25.1 Å². The molecule has 0 bridgehead atoms. The van der Waals surface area contributed by atoms with Crippen molar-refractivity contribution < 1.29 is 14.3 Å². The summed E-state index contributed by atoms with van der Waals surface area (Å²) in [7, 11) is 0. The van der Waals surface area contributed by atoms with E-state index in [2.05, 4.69) is 10.2 Å². The van der Waals surface area contributed by atoms with Gasteiger partial charge in [-0.05, 0) is 24.3 Å². The van der Waals surface area contributed by atoms with Gasteiger partial charge in [0.05, 0.1) is 18.8 Å². The highest BCUT2D eigenvalue weighted by atomic mass is 16.5. The van der Waals surface area contributed by atoms with Crippen LogP contribution >= 0.6 is 0 Å². The Labute approximate surface area is 133 Å². The molecule has 2 aromatic heterocycles. The molecule has 3 aromatic rings. The molecule has 0 aliphatic heterocycles. The lowest BCUT2D eigenvalue weighted by Crippen LogP contribution is -2.18. The molecule has 0 aliphatic carbocycles. The van der Waals surface area contributed by atoms with Crippen LogP contribution in [0.2, 0.25) is 0 Å². The Morgan fingerprint density at radius 1 is 1.17 bits per heavy atom. The smallest absolute Gasteiger partial charge is 0.339 e. The normalized spacial score (nSPS) is 12.0. The summed E-state index contributed by atoms with van der Waals surface area (Å²) in [6.45, 7) is 2.76. The lowest BCUT2D eigenvalue weighted by atomic mass is 10.2. The number of hydrogen-bond acceptors (Lipinski definition) is 5. The Balaban J connectivity index is 1.49. The molecule has 0 fully saturated rings. The molecule has 1 aromatic carbocycles. The molecule has 1 unspecified atom stereocenters. The highest BCUT2D eigenvalue weighted by Gasteiger charge is 2.11. The number of ether oxygens (including phenoxy) is 2. The zero-order valence-corrected chi connectivity index (χ0v) is 12.8. The third-order valence-corrected chi connectivity index (χ3v) is 3.30. The number of carbonyl (C=O) groups is 1. The van der Waals surface area contributed by atoms with Gasteiger partial charge >= 0.3 is 5.97 Å². The maximum atomic E-state index is 12.1. The number of benzene rings is 1. The number of aromatic nitrogens is 3. The fraction of sp³-hybridized carbons (Fsp3) is 0.235. The molecule has 0 saturated heterocycles. The second kappa shape index (κ2) is 6.91. The third kappa shape index (κ3) is 3.85. The highest BCUT2D eigenvalue weighted by molar-refractivity contribution is 5.89. The largest absolute Gasteiger partial charge is 0.493 e. The van der Waals surface area contributed by atoms with Crippen LogP contribution < -0.4 is 4.74 Å². The second-order valence-electron chi connectivity index (χ2n) is 5.34.